The summed E-state index contributed by atoms with van der Waals surface area (Å²) in [5, 5.41) is 33.1. The maximum atomic E-state index is 14.8. The number of para-hydroxylation sites is 1. The van der Waals surface area contributed by atoms with Gasteiger partial charge in [0, 0.05) is 64.8 Å². The Morgan fingerprint density at radius 2 is 1.38 bits per heavy atom. The van der Waals surface area contributed by atoms with Gasteiger partial charge in [0.25, 0.3) is 0 Å². The van der Waals surface area contributed by atoms with Crippen molar-refractivity contribution in [3.8, 4) is 0 Å². The molecule has 0 saturated carbocycles. The van der Waals surface area contributed by atoms with Gasteiger partial charge in [-0.2, -0.15) is 0 Å². The maximum absolute atomic E-state index is 14.8. The Labute approximate surface area is 481 Å². The molecule has 6 aromatic rings. The molecule has 0 spiro atoms. The summed E-state index contributed by atoms with van der Waals surface area (Å²) in [5.41, 5.74) is 21.3. The molecule has 1 aliphatic heterocycles. The average molecular weight is 1160 g/mol. The molecule has 8 amide bonds. The molecule has 1 fully saturated rings. The number of nitrogens with zero attached hydrogens (tertiary/aromatic N) is 1. The minimum Gasteiger partial charge on any atom is -0.391 e. The van der Waals surface area contributed by atoms with Crippen LogP contribution >= 0.6 is 33.2 Å². The SMILES string of the molecule is C[C@@H](O)[C@@H]1NC(=O)[C@H](CCCCN)NC(=O)[C@@H](Cc2c[nH]c3ccccc23)NC(=O)[C@@H](Cc2ccccn2)NC(=O)[C@H](NC(=O)[C@@H](N)Cc2ccc(Cl)cc2)CSSC[C@@H](C(=O)N[C@@H](Cc2ccc3ccccc3c2)C(N)=O)NC1=O. The van der Waals surface area contributed by atoms with Crippen molar-refractivity contribution in [3.63, 3.8) is 0 Å². The smallest absolute Gasteiger partial charge is 0.245 e. The van der Waals surface area contributed by atoms with Crippen molar-refractivity contribution in [2.24, 2.45) is 17.2 Å². The highest BCUT2D eigenvalue weighted by atomic mass is 35.5. The molecule has 1 saturated heterocycles. The van der Waals surface area contributed by atoms with E-state index in [0.717, 1.165) is 43.3 Å². The molecule has 21 nitrogen and oxygen atoms in total. The number of H-pyrrole nitrogens is 1. The van der Waals surface area contributed by atoms with Gasteiger partial charge in [-0.25, -0.2) is 0 Å². The molecule has 7 rings (SSSR count). The van der Waals surface area contributed by atoms with Crippen LogP contribution in [-0.4, -0.2) is 135 Å². The van der Waals surface area contributed by atoms with Crippen molar-refractivity contribution < 1.29 is 43.5 Å². The van der Waals surface area contributed by atoms with Gasteiger partial charge in [-0.1, -0.05) is 112 Å². The van der Waals surface area contributed by atoms with E-state index >= 15 is 0 Å². The first-order chi connectivity index (χ1) is 39.0. The highest BCUT2D eigenvalue weighted by Gasteiger charge is 2.37. The molecule has 428 valence electrons. The minimum atomic E-state index is -1.70. The summed E-state index contributed by atoms with van der Waals surface area (Å²) in [6, 6.07) is 21.0. The third-order valence-corrected chi connectivity index (χ3v) is 16.3. The summed E-state index contributed by atoms with van der Waals surface area (Å²) < 4.78 is 0. The summed E-state index contributed by atoms with van der Waals surface area (Å²) in [5.74, 6) is -7.21. The number of aromatic nitrogens is 2. The predicted octanol–water partition coefficient (Wildman–Crippen LogP) is 1.75. The number of aliphatic hydroxyl groups is 1. The highest BCUT2D eigenvalue weighted by Crippen LogP contribution is 2.25. The second-order valence-electron chi connectivity index (χ2n) is 19.8. The quantitative estimate of drug-likeness (QED) is 0.0431. The van der Waals surface area contributed by atoms with Crippen molar-refractivity contribution in [1.29, 1.82) is 0 Å². The minimum absolute atomic E-state index is 0.0100. The lowest BCUT2D eigenvalue weighted by molar-refractivity contribution is -0.136. The molecule has 0 aliphatic carbocycles. The van der Waals surface area contributed by atoms with Gasteiger partial charge in [0.05, 0.1) is 12.1 Å². The molecule has 2 aromatic heterocycles. The van der Waals surface area contributed by atoms with Gasteiger partial charge < -0.3 is 64.5 Å². The van der Waals surface area contributed by atoms with E-state index in [-0.39, 0.29) is 50.2 Å². The largest absolute Gasteiger partial charge is 0.391 e. The van der Waals surface area contributed by atoms with E-state index in [0.29, 0.717) is 40.2 Å². The van der Waals surface area contributed by atoms with Crippen LogP contribution in [0.1, 0.15) is 48.6 Å². The van der Waals surface area contributed by atoms with Crippen molar-refractivity contribution in [2.45, 2.75) is 106 Å². The van der Waals surface area contributed by atoms with Gasteiger partial charge in [-0.05, 0) is 96.9 Å². The second kappa shape index (κ2) is 29.8. The van der Waals surface area contributed by atoms with Crippen LogP contribution in [0.5, 0.6) is 0 Å². The fourth-order valence-electron chi connectivity index (χ4n) is 9.11. The number of benzene rings is 4. The molecule has 3 heterocycles. The number of carbonyl (C=O) groups is 8. The molecular weight excluding hydrogens is 1100 g/mol. The molecule has 0 radical (unpaired) electrons. The number of nitrogens with one attached hydrogen (secondary N) is 8. The lowest BCUT2D eigenvalue weighted by Crippen LogP contribution is -2.62. The number of primary amides is 1. The molecule has 4 aromatic carbocycles. The Bertz CT molecular complexity index is 3170. The van der Waals surface area contributed by atoms with Gasteiger partial charge in [0.2, 0.25) is 47.3 Å². The second-order valence-corrected chi connectivity index (χ2v) is 22.8. The molecule has 0 unspecified atom stereocenters. The zero-order valence-electron chi connectivity index (χ0n) is 44.4. The van der Waals surface area contributed by atoms with Gasteiger partial charge in [0.1, 0.15) is 42.3 Å². The Morgan fingerprint density at radius 1 is 0.728 bits per heavy atom. The van der Waals surface area contributed by atoms with Gasteiger partial charge in [-0.15, -0.1) is 0 Å². The predicted molar refractivity (Wildman–Crippen MR) is 313 cm³/mol. The first kappa shape index (κ1) is 61.1. The lowest BCUT2D eigenvalue weighted by atomic mass is 10.0. The molecule has 15 N–H and O–H groups in total. The van der Waals surface area contributed by atoms with E-state index in [1.165, 1.54) is 13.1 Å². The lowest BCUT2D eigenvalue weighted by Gasteiger charge is -2.29. The van der Waals surface area contributed by atoms with Crippen molar-refractivity contribution in [3.05, 3.63) is 149 Å². The molecule has 24 heteroatoms. The van der Waals surface area contributed by atoms with Crippen LogP contribution in [-0.2, 0) is 64.0 Å². The van der Waals surface area contributed by atoms with Crippen molar-refractivity contribution >= 4 is 102 Å². The van der Waals surface area contributed by atoms with E-state index in [1.54, 1.807) is 54.7 Å². The molecule has 81 heavy (non-hydrogen) atoms. The van der Waals surface area contributed by atoms with Crippen molar-refractivity contribution in [2.75, 3.05) is 18.1 Å². The fraction of sp³-hybridized carbons (Fsp3) is 0.351. The van der Waals surface area contributed by atoms with Crippen LogP contribution in [0.15, 0.2) is 122 Å². The number of fused-ring (bicyclic) bond motifs is 2. The number of carbonyl (C=O) groups excluding carboxylic acids is 8. The number of nitrogens with two attached hydrogens (primary N) is 3. The maximum Gasteiger partial charge on any atom is 0.245 e. The Balaban J connectivity index is 1.24. The van der Waals surface area contributed by atoms with E-state index in [2.05, 4.69) is 47.2 Å². The standard InChI is InChI=1S/C57H67ClN12O9S2/c1-32(71)49-57(79)69-48(55(77)65-44(50(61)72)26-34-16-19-35-10-2-3-11-36(35)24-34)31-81-80-30-47(68-51(73)41(60)25-33-17-20-38(58)21-18-33)56(78)67-46(28-39-12-7-9-23-62-39)54(76)66-45(27-37-29-63-42-14-5-4-13-40(37)42)53(75)64-43(52(74)70-49)15-6-8-22-59/h2-5,7,9-14,16-21,23-24,29,32,41,43-49,63,71H,6,8,15,22,25-28,30-31,59-60H2,1H3,(H2,61,72)(H,64,75)(H,65,77)(H,66,76)(H,67,78)(H,68,73)(H,69,79)(H,70,74)/t32-,41+,43+,44+,45-,46-,47-,48+,49+/m1/s1. The number of aliphatic hydroxyl groups excluding tert-OH is 1. The zero-order chi connectivity index (χ0) is 58.0. The zero-order valence-corrected chi connectivity index (χ0v) is 46.8. The van der Waals surface area contributed by atoms with Gasteiger partial charge in [0.15, 0.2) is 0 Å². The third-order valence-electron chi connectivity index (χ3n) is 13.6. The highest BCUT2D eigenvalue weighted by molar-refractivity contribution is 8.76. The fourth-order valence-corrected chi connectivity index (χ4v) is 11.6. The first-order valence-electron chi connectivity index (χ1n) is 26.4. The Kier molecular flexibility index (Phi) is 22.5. The summed E-state index contributed by atoms with van der Waals surface area (Å²) in [7, 11) is 2.02. The first-order valence-corrected chi connectivity index (χ1v) is 29.3. The third kappa shape index (κ3) is 17.7. The van der Waals surface area contributed by atoms with E-state index < -0.39 is 102 Å². The molecule has 0 bridgehead atoms. The normalized spacial score (nSPS) is 21.0. The number of amides is 8. The number of rotatable bonds is 18. The monoisotopic (exact) mass is 1160 g/mol. The van der Waals surface area contributed by atoms with Crippen molar-refractivity contribution in [1.82, 2.24) is 47.2 Å². The van der Waals surface area contributed by atoms with E-state index in [1.807, 2.05) is 60.7 Å². The van der Waals surface area contributed by atoms with E-state index in [4.69, 9.17) is 28.8 Å². The Morgan fingerprint density at radius 3 is 2.10 bits per heavy atom. The number of unbranched alkanes of at least 4 members (excludes halogenated alkanes) is 1. The van der Waals surface area contributed by atoms with E-state index in [9.17, 15) is 43.5 Å². The number of hydrogen-bond donors (Lipinski definition) is 12. The van der Waals surface area contributed by atoms with Gasteiger partial charge >= 0.3 is 0 Å². The van der Waals surface area contributed by atoms with Gasteiger partial charge in [-0.3, -0.25) is 43.3 Å². The molecular formula is C57H67ClN12O9S2. The topological polar surface area (TPSA) is 348 Å². The summed E-state index contributed by atoms with van der Waals surface area (Å²) in [4.78, 5) is 122. The molecule has 1 aliphatic rings. The van der Waals surface area contributed by atoms with Crippen LogP contribution in [0.3, 0.4) is 0 Å². The van der Waals surface area contributed by atoms with Crippen LogP contribution in [0.25, 0.3) is 21.7 Å². The Hall–Kier alpha value is -7.54. The number of aromatic amines is 1. The summed E-state index contributed by atoms with van der Waals surface area (Å²) in [6.45, 7) is 1.51. The average Bonchev–Trinajstić information content (AvgIpc) is 3.91. The van der Waals surface area contributed by atoms with Crippen LogP contribution < -0.4 is 54.4 Å². The van der Waals surface area contributed by atoms with Crippen LogP contribution in [0.2, 0.25) is 5.02 Å². The molecule has 9 atom stereocenters. The number of halogens is 1. The summed E-state index contributed by atoms with van der Waals surface area (Å²) in [6.07, 6.45) is 2.19. The number of hydrogen-bond acceptors (Lipinski definition) is 14. The van der Waals surface area contributed by atoms with Crippen LogP contribution in [0, 0.1) is 0 Å². The van der Waals surface area contributed by atoms with Crippen LogP contribution in [0.4, 0.5) is 0 Å². The number of pyridine rings is 1. The summed E-state index contributed by atoms with van der Waals surface area (Å²) >= 11 is 6.10.